The van der Waals surface area contributed by atoms with E-state index in [1.54, 1.807) is 0 Å². The molecule has 1 N–H and O–H groups in total. The molecule has 136 valence electrons. The fraction of sp³-hybridized carbons (Fsp3) is 0.529. The molecule has 1 aromatic carbocycles. The zero-order chi connectivity index (χ0) is 19.0. The Hall–Kier alpha value is -1.93. The van der Waals surface area contributed by atoms with Crippen molar-refractivity contribution in [3.05, 3.63) is 35.1 Å². The van der Waals surface area contributed by atoms with Crippen LogP contribution in [0.5, 0.6) is 0 Å². The summed E-state index contributed by atoms with van der Waals surface area (Å²) in [4.78, 5) is 23.0. The smallest absolute Gasteiger partial charge is 0.466 e. The van der Waals surface area contributed by atoms with Crippen LogP contribution >= 0.6 is 0 Å². The van der Waals surface area contributed by atoms with Crippen molar-refractivity contribution < 1.29 is 33.1 Å². The Morgan fingerprint density at radius 3 is 2.28 bits per heavy atom. The molecule has 0 aromatic heterocycles. The predicted octanol–water partition coefficient (Wildman–Crippen LogP) is 2.80. The van der Waals surface area contributed by atoms with Gasteiger partial charge in [-0.2, -0.15) is 0 Å². The Morgan fingerprint density at radius 2 is 1.80 bits per heavy atom. The third-order valence-electron chi connectivity index (χ3n) is 4.86. The maximum absolute atomic E-state index is 13.7. The van der Waals surface area contributed by atoms with Gasteiger partial charge in [-0.3, -0.25) is 4.79 Å². The van der Waals surface area contributed by atoms with Crippen LogP contribution in [0.4, 0.5) is 4.39 Å². The number of carbonyl (C=O) groups is 2. The monoisotopic (exact) mass is 352 g/mol. The van der Waals surface area contributed by atoms with Gasteiger partial charge in [-0.05, 0) is 45.4 Å². The Morgan fingerprint density at radius 1 is 1.24 bits per heavy atom. The van der Waals surface area contributed by atoms with Gasteiger partial charge in [0.2, 0.25) is 0 Å². The van der Waals surface area contributed by atoms with Crippen LogP contribution in [-0.2, 0) is 18.8 Å². The minimum Gasteiger partial charge on any atom is -0.478 e. The van der Waals surface area contributed by atoms with E-state index in [2.05, 4.69) is 0 Å². The van der Waals surface area contributed by atoms with Crippen molar-refractivity contribution in [3.8, 4) is 0 Å². The van der Waals surface area contributed by atoms with Gasteiger partial charge in [0.25, 0.3) is 0 Å². The van der Waals surface area contributed by atoms with E-state index in [9.17, 15) is 14.0 Å². The van der Waals surface area contributed by atoms with E-state index in [1.165, 1.54) is 19.2 Å². The van der Waals surface area contributed by atoms with Crippen LogP contribution in [0.2, 0.25) is 0 Å². The lowest BCUT2D eigenvalue weighted by Crippen LogP contribution is -2.41. The average molecular weight is 352 g/mol. The predicted molar refractivity (Wildman–Crippen MR) is 88.8 cm³/mol. The van der Waals surface area contributed by atoms with Crippen LogP contribution in [0.1, 0.15) is 55.9 Å². The van der Waals surface area contributed by atoms with Crippen LogP contribution in [0.3, 0.4) is 0 Å². The molecule has 0 saturated carbocycles. The summed E-state index contributed by atoms with van der Waals surface area (Å²) in [5.74, 6) is -3.36. The number of aromatic carboxylic acids is 1. The molecule has 1 saturated heterocycles. The first-order valence-electron chi connectivity index (χ1n) is 7.93. The molecule has 1 fully saturated rings. The van der Waals surface area contributed by atoms with Crippen molar-refractivity contribution in [3.63, 3.8) is 0 Å². The second kappa shape index (κ2) is 6.76. The highest BCUT2D eigenvalue weighted by Crippen LogP contribution is 2.42. The molecule has 0 bridgehead atoms. The first-order chi connectivity index (χ1) is 11.5. The van der Waals surface area contributed by atoms with Gasteiger partial charge in [0.15, 0.2) is 0 Å². The second-order valence-corrected chi connectivity index (χ2v) is 7.06. The summed E-state index contributed by atoms with van der Waals surface area (Å²) in [6.45, 7) is 7.48. The zero-order valence-electron chi connectivity index (χ0n) is 15.0. The Labute approximate surface area is 146 Å². The third-order valence-corrected chi connectivity index (χ3v) is 4.86. The van der Waals surface area contributed by atoms with E-state index in [4.69, 9.17) is 19.2 Å². The van der Waals surface area contributed by atoms with Crippen molar-refractivity contribution in [2.75, 3.05) is 7.11 Å². The molecule has 0 amide bonds. The topological polar surface area (TPSA) is 82.1 Å². The minimum absolute atomic E-state index is 0.0853. The zero-order valence-corrected chi connectivity index (χ0v) is 15.0. The molecule has 1 aliphatic heterocycles. The Kier molecular flexibility index (Phi) is 5.25. The highest BCUT2D eigenvalue weighted by Gasteiger charge is 2.54. The van der Waals surface area contributed by atoms with Gasteiger partial charge in [-0.15, -0.1) is 0 Å². The molecule has 1 aliphatic rings. The standard InChI is InChI=1S/C17H22BFO6/c1-16(2)17(3,4)25-18(24-16)12(9-14(20)23-5)10-6-7-13(19)11(8-10)15(21)22/h6-8,12H,9H2,1-5H3,(H,21,22). The molecule has 25 heavy (non-hydrogen) atoms. The number of rotatable bonds is 5. The number of carboxylic acid groups (broad SMARTS) is 1. The minimum atomic E-state index is -1.38. The number of methoxy groups -OCH3 is 1. The van der Waals surface area contributed by atoms with Gasteiger partial charge in [-0.25, -0.2) is 9.18 Å². The van der Waals surface area contributed by atoms with Crippen LogP contribution in [0, 0.1) is 5.82 Å². The number of hydrogen-bond donors (Lipinski definition) is 1. The molecule has 1 atom stereocenters. The van der Waals surface area contributed by atoms with Crippen molar-refractivity contribution >= 4 is 19.1 Å². The average Bonchev–Trinajstić information content (AvgIpc) is 2.73. The number of hydrogen-bond acceptors (Lipinski definition) is 5. The summed E-state index contributed by atoms with van der Waals surface area (Å²) in [7, 11) is 0.466. The summed E-state index contributed by atoms with van der Waals surface area (Å²) >= 11 is 0. The van der Waals surface area contributed by atoms with E-state index < -0.39 is 47.5 Å². The van der Waals surface area contributed by atoms with Crippen molar-refractivity contribution in [2.45, 2.75) is 51.1 Å². The van der Waals surface area contributed by atoms with Crippen molar-refractivity contribution in [1.82, 2.24) is 0 Å². The number of carbonyl (C=O) groups excluding carboxylic acids is 1. The van der Waals surface area contributed by atoms with E-state index in [1.807, 2.05) is 27.7 Å². The van der Waals surface area contributed by atoms with Crippen LogP contribution in [0.25, 0.3) is 0 Å². The van der Waals surface area contributed by atoms with E-state index >= 15 is 0 Å². The lowest BCUT2D eigenvalue weighted by molar-refractivity contribution is -0.140. The number of ether oxygens (including phenoxy) is 1. The SMILES string of the molecule is COC(=O)CC(B1OC(C)(C)C(C)(C)O1)c1ccc(F)c(C(=O)O)c1. The van der Waals surface area contributed by atoms with Crippen LogP contribution < -0.4 is 0 Å². The third kappa shape index (κ3) is 3.85. The number of halogens is 1. The molecule has 1 unspecified atom stereocenters. The van der Waals surface area contributed by atoms with E-state index in [0.717, 1.165) is 6.07 Å². The Balaban J connectivity index is 2.43. The lowest BCUT2D eigenvalue weighted by atomic mass is 9.66. The molecule has 8 heteroatoms. The van der Waals surface area contributed by atoms with Gasteiger partial charge in [0.1, 0.15) is 5.82 Å². The first kappa shape index (κ1) is 19.4. The molecule has 0 aliphatic carbocycles. The maximum atomic E-state index is 13.7. The molecule has 1 aromatic rings. The molecule has 6 nitrogen and oxygen atoms in total. The fourth-order valence-electron chi connectivity index (χ4n) is 2.62. The van der Waals surface area contributed by atoms with Crippen LogP contribution in [-0.4, -0.2) is 42.5 Å². The quantitative estimate of drug-likeness (QED) is 0.648. The van der Waals surface area contributed by atoms with Gasteiger partial charge in [0, 0.05) is 5.82 Å². The van der Waals surface area contributed by atoms with Gasteiger partial charge < -0.3 is 19.2 Å². The van der Waals surface area contributed by atoms with Gasteiger partial charge in [0.05, 0.1) is 30.3 Å². The summed E-state index contributed by atoms with van der Waals surface area (Å²) < 4.78 is 30.4. The normalized spacial score (nSPS) is 19.5. The second-order valence-electron chi connectivity index (χ2n) is 7.06. The number of carboxylic acids is 1. The molecular formula is C17H22BFO6. The van der Waals surface area contributed by atoms with Gasteiger partial charge >= 0.3 is 19.1 Å². The Bertz CT molecular complexity index is 672. The fourth-order valence-corrected chi connectivity index (χ4v) is 2.62. The molecule has 1 heterocycles. The molecule has 2 rings (SSSR count). The summed E-state index contributed by atoms with van der Waals surface area (Å²) in [5.41, 5.74) is -1.28. The molecule has 0 radical (unpaired) electrons. The highest BCUT2D eigenvalue weighted by molar-refractivity contribution is 6.48. The number of esters is 1. The van der Waals surface area contributed by atoms with E-state index in [-0.39, 0.29) is 6.42 Å². The summed E-state index contributed by atoms with van der Waals surface area (Å²) in [6, 6.07) is 3.70. The summed E-state index contributed by atoms with van der Waals surface area (Å²) in [6.07, 6.45) is -0.0853. The highest BCUT2D eigenvalue weighted by atomic mass is 19.1. The van der Waals surface area contributed by atoms with E-state index in [0.29, 0.717) is 5.56 Å². The van der Waals surface area contributed by atoms with Crippen LogP contribution in [0.15, 0.2) is 18.2 Å². The number of benzene rings is 1. The molecule has 0 spiro atoms. The molecular weight excluding hydrogens is 330 g/mol. The van der Waals surface area contributed by atoms with Crippen molar-refractivity contribution in [1.29, 1.82) is 0 Å². The largest absolute Gasteiger partial charge is 0.478 e. The lowest BCUT2D eigenvalue weighted by Gasteiger charge is -2.32. The maximum Gasteiger partial charge on any atom is 0.466 e. The first-order valence-corrected chi connectivity index (χ1v) is 7.93. The summed E-state index contributed by atoms with van der Waals surface area (Å²) in [5, 5.41) is 9.14. The van der Waals surface area contributed by atoms with Gasteiger partial charge in [-0.1, -0.05) is 6.07 Å². The van der Waals surface area contributed by atoms with Crippen molar-refractivity contribution in [2.24, 2.45) is 0 Å².